The molecule has 0 unspecified atom stereocenters. The molecule has 0 aliphatic carbocycles. The summed E-state index contributed by atoms with van der Waals surface area (Å²) in [6.45, 7) is 9.31. The standard InChI is InChI=1S/C42H56N8O6/c1-7-25(8-2)35(47-41(53)55-5)39(51)49-21-11-13-33(49)37-43-24-32(46-37)28-17-15-27(16-18-28)29-19-20-30-31(23-29)45-38(44-30)34-14-12-22-50(34)40(52)36(26(9-3)10-4)48-42(54)56-6/h15-20,23-26,33-36H,7-14,21-22H2,1-6H3,(H,43,46)(H,44,45)(H,47,53)(H,48,54)/t33-,34-,35-,36-/m0/s1. The molecular formula is C42H56N8O6. The molecule has 0 saturated carbocycles. The molecule has 2 aromatic heterocycles. The van der Waals surface area contributed by atoms with Crippen molar-refractivity contribution in [2.24, 2.45) is 11.8 Å². The molecule has 4 heterocycles. The van der Waals surface area contributed by atoms with Gasteiger partial charge in [-0.15, -0.1) is 0 Å². The molecule has 2 aliphatic rings. The van der Waals surface area contributed by atoms with Gasteiger partial charge in [-0.3, -0.25) is 9.59 Å². The van der Waals surface area contributed by atoms with Crippen LogP contribution in [0.25, 0.3) is 33.4 Å². The van der Waals surface area contributed by atoms with Crippen LogP contribution >= 0.6 is 0 Å². The van der Waals surface area contributed by atoms with Crippen LogP contribution in [0.5, 0.6) is 0 Å². The number of imidazole rings is 2. The van der Waals surface area contributed by atoms with Crippen LogP contribution in [0.1, 0.15) is 103 Å². The van der Waals surface area contributed by atoms with Gasteiger partial charge in [0.1, 0.15) is 23.7 Å². The minimum Gasteiger partial charge on any atom is -0.453 e. The average Bonchev–Trinajstić information content (AvgIpc) is 4.06. The minimum atomic E-state index is -0.666. The summed E-state index contributed by atoms with van der Waals surface area (Å²) in [4.78, 5) is 72.5. The number of aromatic amines is 2. The SMILES string of the molecule is CCC(CC)[C@H](NC(=O)OC)C(=O)N1CCC[C@H]1c1ncc(-c2ccc(-c3ccc4nc([C@@H]5CCCN5C(=O)[C@@H](NC(=O)OC)C(CC)CC)[nH]c4c3)cc2)[nH]1. The van der Waals surface area contributed by atoms with Crippen molar-refractivity contribution in [2.75, 3.05) is 27.3 Å². The Morgan fingerprint density at radius 1 is 0.714 bits per heavy atom. The molecule has 0 bridgehead atoms. The monoisotopic (exact) mass is 768 g/mol. The first-order chi connectivity index (χ1) is 27.1. The van der Waals surface area contributed by atoms with E-state index >= 15 is 0 Å². The Balaban J connectivity index is 1.16. The summed E-state index contributed by atoms with van der Waals surface area (Å²) < 4.78 is 9.70. The van der Waals surface area contributed by atoms with Gasteiger partial charge in [-0.2, -0.15) is 0 Å². The van der Waals surface area contributed by atoms with E-state index in [9.17, 15) is 19.2 Å². The van der Waals surface area contributed by atoms with Crippen LogP contribution in [0.3, 0.4) is 0 Å². The van der Waals surface area contributed by atoms with Gasteiger partial charge in [0.2, 0.25) is 11.8 Å². The van der Waals surface area contributed by atoms with Gasteiger partial charge >= 0.3 is 12.2 Å². The largest absolute Gasteiger partial charge is 0.453 e. The molecule has 2 aromatic carbocycles. The lowest BCUT2D eigenvalue weighted by molar-refractivity contribution is -0.136. The van der Waals surface area contributed by atoms with Crippen molar-refractivity contribution in [2.45, 2.75) is 103 Å². The summed E-state index contributed by atoms with van der Waals surface area (Å²) in [7, 11) is 2.62. The van der Waals surface area contributed by atoms with Crippen molar-refractivity contribution < 1.29 is 28.7 Å². The molecule has 6 rings (SSSR count). The number of fused-ring (bicyclic) bond motifs is 1. The smallest absolute Gasteiger partial charge is 0.407 e. The number of benzene rings is 2. The lowest BCUT2D eigenvalue weighted by Gasteiger charge is -2.31. The van der Waals surface area contributed by atoms with Crippen LogP contribution in [0.2, 0.25) is 0 Å². The second kappa shape index (κ2) is 18.0. The predicted molar refractivity (Wildman–Crippen MR) is 213 cm³/mol. The molecule has 4 atom stereocenters. The van der Waals surface area contributed by atoms with Gasteiger partial charge in [-0.1, -0.05) is 83.7 Å². The first-order valence-corrected chi connectivity index (χ1v) is 20.1. The summed E-state index contributed by atoms with van der Waals surface area (Å²) in [5.74, 6) is 1.24. The van der Waals surface area contributed by atoms with E-state index in [1.165, 1.54) is 14.2 Å². The van der Waals surface area contributed by atoms with E-state index in [2.05, 4.69) is 50.9 Å². The molecular weight excluding hydrogens is 713 g/mol. The molecule has 14 nitrogen and oxygen atoms in total. The molecule has 14 heteroatoms. The highest BCUT2D eigenvalue weighted by atomic mass is 16.5. The molecule has 300 valence electrons. The highest BCUT2D eigenvalue weighted by Crippen LogP contribution is 2.36. The number of nitrogens with one attached hydrogen (secondary N) is 4. The highest BCUT2D eigenvalue weighted by molar-refractivity contribution is 5.88. The summed E-state index contributed by atoms with van der Waals surface area (Å²) >= 11 is 0. The number of hydrogen-bond donors (Lipinski definition) is 4. The summed E-state index contributed by atoms with van der Waals surface area (Å²) in [6.07, 6.45) is 6.88. The normalized spacial score (nSPS) is 18.1. The zero-order valence-electron chi connectivity index (χ0n) is 33.4. The minimum absolute atomic E-state index is 0.00623. The van der Waals surface area contributed by atoms with Gasteiger partial charge in [0.25, 0.3) is 0 Å². The molecule has 0 spiro atoms. The van der Waals surface area contributed by atoms with Gasteiger partial charge in [-0.25, -0.2) is 19.6 Å². The molecule has 2 aliphatic heterocycles. The van der Waals surface area contributed by atoms with Crippen LogP contribution in [-0.4, -0.2) is 93.1 Å². The van der Waals surface area contributed by atoms with Crippen LogP contribution in [0.15, 0.2) is 48.7 Å². The number of H-pyrrole nitrogens is 2. The van der Waals surface area contributed by atoms with Crippen molar-refractivity contribution in [3.63, 3.8) is 0 Å². The topological polar surface area (TPSA) is 175 Å². The van der Waals surface area contributed by atoms with Crippen molar-refractivity contribution in [1.82, 2.24) is 40.4 Å². The Kier molecular flexibility index (Phi) is 13.0. The Hall–Kier alpha value is -5.40. The van der Waals surface area contributed by atoms with Gasteiger partial charge in [0, 0.05) is 13.1 Å². The number of methoxy groups -OCH3 is 2. The number of hydrogen-bond acceptors (Lipinski definition) is 8. The lowest BCUT2D eigenvalue weighted by atomic mass is 9.93. The first-order valence-electron chi connectivity index (χ1n) is 20.1. The maximum Gasteiger partial charge on any atom is 0.407 e. The number of ether oxygens (including phenoxy) is 2. The van der Waals surface area contributed by atoms with Crippen molar-refractivity contribution in [3.05, 3.63) is 60.3 Å². The van der Waals surface area contributed by atoms with Gasteiger partial charge < -0.3 is 39.9 Å². The van der Waals surface area contributed by atoms with Crippen molar-refractivity contribution >= 4 is 35.0 Å². The number of carbonyl (C=O) groups excluding carboxylic acids is 4. The van der Waals surface area contributed by atoms with Crippen LogP contribution < -0.4 is 10.6 Å². The summed E-state index contributed by atoms with van der Waals surface area (Å²) in [5, 5.41) is 5.60. The lowest BCUT2D eigenvalue weighted by Crippen LogP contribution is -2.52. The van der Waals surface area contributed by atoms with Crippen LogP contribution in [0.4, 0.5) is 9.59 Å². The molecule has 2 saturated heterocycles. The summed E-state index contributed by atoms with van der Waals surface area (Å²) in [5.41, 5.74) is 5.58. The van der Waals surface area contributed by atoms with E-state index in [1.54, 1.807) is 0 Å². The Bertz CT molecular complexity index is 1980. The molecule has 2 fully saturated rings. The number of rotatable bonds is 14. The molecule has 4 N–H and O–H groups in total. The number of amides is 4. The fraction of sp³-hybridized carbons (Fsp3) is 0.524. The van der Waals surface area contributed by atoms with Crippen LogP contribution in [-0.2, 0) is 19.1 Å². The fourth-order valence-corrected chi connectivity index (χ4v) is 8.50. The third-order valence-corrected chi connectivity index (χ3v) is 11.8. The first kappa shape index (κ1) is 40.3. The number of carbonyl (C=O) groups is 4. The van der Waals surface area contributed by atoms with Gasteiger partial charge in [0.05, 0.1) is 49.2 Å². The second-order valence-corrected chi connectivity index (χ2v) is 14.9. The second-order valence-electron chi connectivity index (χ2n) is 14.9. The molecule has 56 heavy (non-hydrogen) atoms. The third kappa shape index (κ3) is 8.38. The molecule has 0 radical (unpaired) electrons. The number of nitrogens with zero attached hydrogens (tertiary/aromatic N) is 4. The number of likely N-dealkylation sites (tertiary alicyclic amines) is 2. The molecule has 4 aromatic rings. The van der Waals surface area contributed by atoms with E-state index in [-0.39, 0.29) is 35.7 Å². The Morgan fingerprint density at radius 2 is 1.21 bits per heavy atom. The summed E-state index contributed by atoms with van der Waals surface area (Å²) in [6, 6.07) is 12.6. The maximum atomic E-state index is 13.9. The zero-order chi connectivity index (χ0) is 39.9. The van der Waals surface area contributed by atoms with Gasteiger partial charge in [0.15, 0.2) is 0 Å². The van der Waals surface area contributed by atoms with Crippen LogP contribution in [0, 0.1) is 11.8 Å². The van der Waals surface area contributed by atoms with E-state index in [1.807, 2.05) is 55.8 Å². The van der Waals surface area contributed by atoms with E-state index in [0.29, 0.717) is 13.1 Å². The van der Waals surface area contributed by atoms with E-state index in [4.69, 9.17) is 19.4 Å². The fourth-order valence-electron chi connectivity index (χ4n) is 8.50. The third-order valence-electron chi connectivity index (χ3n) is 11.8. The average molecular weight is 769 g/mol. The predicted octanol–water partition coefficient (Wildman–Crippen LogP) is 7.27. The number of alkyl carbamates (subject to hydrolysis) is 2. The quantitative estimate of drug-likeness (QED) is 0.104. The highest BCUT2D eigenvalue weighted by Gasteiger charge is 2.40. The van der Waals surface area contributed by atoms with E-state index < -0.39 is 24.3 Å². The zero-order valence-corrected chi connectivity index (χ0v) is 33.4. The maximum absolute atomic E-state index is 13.9. The Morgan fingerprint density at radius 3 is 1.73 bits per heavy atom. The van der Waals surface area contributed by atoms with Gasteiger partial charge in [-0.05, 0) is 66.3 Å². The van der Waals surface area contributed by atoms with E-state index in [0.717, 1.165) is 96.4 Å². The van der Waals surface area contributed by atoms with Crippen molar-refractivity contribution in [3.8, 4) is 22.4 Å². The molecule has 4 amide bonds. The Labute approximate surface area is 328 Å². The van der Waals surface area contributed by atoms with Crippen molar-refractivity contribution in [1.29, 1.82) is 0 Å². The number of aromatic nitrogens is 4.